The van der Waals surface area contributed by atoms with E-state index in [2.05, 4.69) is 0 Å². The number of hydrogen-bond acceptors (Lipinski definition) is 10. The maximum atomic E-state index is 14.0. The third-order valence-corrected chi connectivity index (χ3v) is 7.53. The Bertz CT molecular complexity index is 1650. The maximum absolute atomic E-state index is 14.0. The minimum absolute atomic E-state index is 0.0491. The minimum Gasteiger partial charge on any atom is -0.508 e. The number of phenols is 5. The molecule has 10 heteroatoms. The van der Waals surface area contributed by atoms with Crippen LogP contribution >= 0.6 is 0 Å². The molecule has 0 amide bonds. The lowest BCUT2D eigenvalue weighted by Gasteiger charge is -2.36. The van der Waals surface area contributed by atoms with Crippen molar-refractivity contribution in [3.63, 3.8) is 0 Å². The van der Waals surface area contributed by atoms with E-state index in [0.717, 1.165) is 6.07 Å². The van der Waals surface area contributed by atoms with Crippen LogP contribution < -0.4 is 14.2 Å². The molecule has 0 fully saturated rings. The molecule has 2 heterocycles. The molecule has 6 N–H and O–H groups in total. The van der Waals surface area contributed by atoms with Crippen molar-refractivity contribution < 1.29 is 49.6 Å². The Morgan fingerprint density at radius 2 is 1.39 bits per heavy atom. The van der Waals surface area contributed by atoms with Gasteiger partial charge in [0.25, 0.3) is 0 Å². The maximum Gasteiger partial charge on any atom is 0.182 e. The predicted octanol–water partition coefficient (Wildman–Crippen LogP) is 4.36. The Labute approximate surface area is 233 Å². The lowest BCUT2D eigenvalue weighted by Crippen LogP contribution is -2.32. The Balaban J connectivity index is 1.47. The number of benzene rings is 4. The number of aromatic hydroxyl groups is 5. The second-order valence-corrected chi connectivity index (χ2v) is 10.0. The van der Waals surface area contributed by atoms with Gasteiger partial charge in [0, 0.05) is 30.2 Å². The third kappa shape index (κ3) is 4.38. The van der Waals surface area contributed by atoms with Crippen molar-refractivity contribution in [3.8, 4) is 46.0 Å². The highest BCUT2D eigenvalue weighted by atomic mass is 16.5. The van der Waals surface area contributed by atoms with E-state index in [4.69, 9.17) is 14.2 Å². The number of hydrogen-bond donors (Lipinski definition) is 6. The van der Waals surface area contributed by atoms with Crippen LogP contribution in [0.5, 0.6) is 46.0 Å². The summed E-state index contributed by atoms with van der Waals surface area (Å²) in [5.41, 5.74) is 0.888. The van der Waals surface area contributed by atoms with Gasteiger partial charge in [0.1, 0.15) is 63.8 Å². The molecule has 10 nitrogen and oxygen atoms in total. The number of aliphatic hydroxyl groups is 1. The van der Waals surface area contributed by atoms with Crippen molar-refractivity contribution in [2.75, 3.05) is 7.11 Å². The zero-order valence-corrected chi connectivity index (χ0v) is 21.7. The van der Waals surface area contributed by atoms with Crippen molar-refractivity contribution in [3.05, 3.63) is 94.5 Å². The lowest BCUT2D eigenvalue weighted by molar-refractivity contribution is 0.0196. The highest BCUT2D eigenvalue weighted by molar-refractivity contribution is 6.07. The average molecular weight is 559 g/mol. The van der Waals surface area contributed by atoms with Gasteiger partial charge in [-0.25, -0.2) is 0 Å². The van der Waals surface area contributed by atoms with Gasteiger partial charge in [-0.1, -0.05) is 24.3 Å². The molecular weight excluding hydrogens is 532 g/mol. The predicted molar refractivity (Wildman–Crippen MR) is 144 cm³/mol. The van der Waals surface area contributed by atoms with Crippen molar-refractivity contribution >= 4 is 5.78 Å². The number of Topliss-reactive ketones (excluding diaryl/α,β-unsaturated/α-hetero) is 1. The van der Waals surface area contributed by atoms with E-state index in [1.807, 2.05) is 0 Å². The summed E-state index contributed by atoms with van der Waals surface area (Å²) in [5, 5.41) is 63.8. The fourth-order valence-corrected chi connectivity index (χ4v) is 5.55. The van der Waals surface area contributed by atoms with E-state index in [1.54, 1.807) is 36.4 Å². The Morgan fingerprint density at radius 3 is 2.07 bits per heavy atom. The second kappa shape index (κ2) is 9.83. The second-order valence-electron chi connectivity index (χ2n) is 10.0. The van der Waals surface area contributed by atoms with Gasteiger partial charge >= 0.3 is 0 Å². The van der Waals surface area contributed by atoms with Crippen LogP contribution in [0.25, 0.3) is 0 Å². The highest BCUT2D eigenvalue weighted by Gasteiger charge is 2.45. The lowest BCUT2D eigenvalue weighted by atomic mass is 9.78. The average Bonchev–Trinajstić information content (AvgIpc) is 2.94. The summed E-state index contributed by atoms with van der Waals surface area (Å²) < 4.78 is 17.4. The summed E-state index contributed by atoms with van der Waals surface area (Å²) in [6, 6.07) is 16.3. The van der Waals surface area contributed by atoms with Gasteiger partial charge in [0.15, 0.2) is 5.78 Å². The van der Waals surface area contributed by atoms with Crippen LogP contribution in [-0.2, 0) is 6.42 Å². The van der Waals surface area contributed by atoms with Crippen LogP contribution in [0.3, 0.4) is 0 Å². The van der Waals surface area contributed by atoms with E-state index in [9.17, 15) is 35.4 Å². The van der Waals surface area contributed by atoms with Crippen molar-refractivity contribution in [1.29, 1.82) is 0 Å². The Hall–Kier alpha value is -5.09. The molecule has 2 aliphatic rings. The van der Waals surface area contributed by atoms with Gasteiger partial charge in [-0.2, -0.15) is 0 Å². The molecule has 210 valence electrons. The van der Waals surface area contributed by atoms with Gasteiger partial charge in [-0.15, -0.1) is 0 Å². The summed E-state index contributed by atoms with van der Waals surface area (Å²) in [4.78, 5) is 14.0. The number of ketones is 1. The topological polar surface area (TPSA) is 166 Å². The van der Waals surface area contributed by atoms with Gasteiger partial charge < -0.3 is 44.8 Å². The first-order chi connectivity index (χ1) is 19.7. The molecule has 4 aromatic carbocycles. The monoisotopic (exact) mass is 558 g/mol. The summed E-state index contributed by atoms with van der Waals surface area (Å²) in [6.07, 6.45) is -3.09. The molecule has 0 radical (unpaired) electrons. The highest BCUT2D eigenvalue weighted by Crippen LogP contribution is 2.54. The molecule has 6 rings (SSSR count). The van der Waals surface area contributed by atoms with E-state index in [1.165, 1.54) is 31.4 Å². The van der Waals surface area contributed by atoms with Gasteiger partial charge in [0.2, 0.25) is 0 Å². The van der Waals surface area contributed by atoms with E-state index < -0.39 is 47.3 Å². The van der Waals surface area contributed by atoms with Crippen LogP contribution in [0, 0.1) is 0 Å². The third-order valence-electron chi connectivity index (χ3n) is 7.53. The standard InChI is InChI=1S/C31H26O10/c1-39-18-8-4-15(5-9-18)31-27(29(38)25-20(34)10-17(33)11-24(25)41-31)26-21(35)13-23-19(28(26)37)12-22(36)30(40-23)14-2-6-16(32)7-3-14/h2-11,13,22,27,30-37H,12H2,1H3. The fraction of sp³-hybridized carbons (Fsp3) is 0.194. The number of phenolic OH excluding ortho intramolecular Hbond substituents is 5. The molecule has 0 aromatic heterocycles. The smallest absolute Gasteiger partial charge is 0.182 e. The first kappa shape index (κ1) is 26.1. The number of carbonyl (C=O) groups excluding carboxylic acids is 1. The minimum atomic E-state index is -1.33. The van der Waals surface area contributed by atoms with Crippen LogP contribution in [0.15, 0.2) is 66.7 Å². The van der Waals surface area contributed by atoms with E-state index in [-0.39, 0.29) is 46.1 Å². The summed E-state index contributed by atoms with van der Waals surface area (Å²) >= 11 is 0. The Morgan fingerprint density at radius 1 is 0.756 bits per heavy atom. The number of ether oxygens (including phenoxy) is 3. The number of aliphatic hydroxyl groups excluding tert-OH is 1. The van der Waals surface area contributed by atoms with Crippen molar-refractivity contribution in [1.82, 2.24) is 0 Å². The van der Waals surface area contributed by atoms with Crippen LogP contribution in [-0.4, -0.2) is 49.6 Å². The molecule has 0 spiro atoms. The summed E-state index contributed by atoms with van der Waals surface area (Å²) in [7, 11) is 1.51. The van der Waals surface area contributed by atoms with Gasteiger partial charge in [-0.05, 0) is 35.4 Å². The number of fused-ring (bicyclic) bond motifs is 2. The van der Waals surface area contributed by atoms with Gasteiger partial charge in [0.05, 0.1) is 24.7 Å². The molecule has 0 bridgehead atoms. The molecular formula is C31H26O10. The van der Waals surface area contributed by atoms with Crippen molar-refractivity contribution in [2.45, 2.75) is 30.7 Å². The normalized spacial score (nSPS) is 21.3. The summed E-state index contributed by atoms with van der Waals surface area (Å²) in [6.45, 7) is 0. The number of rotatable bonds is 4. The zero-order valence-electron chi connectivity index (χ0n) is 21.7. The van der Waals surface area contributed by atoms with Gasteiger partial charge in [-0.3, -0.25) is 4.79 Å². The van der Waals surface area contributed by atoms with Crippen LogP contribution in [0.1, 0.15) is 50.7 Å². The molecule has 4 aromatic rings. The molecule has 0 saturated heterocycles. The number of methoxy groups -OCH3 is 1. The SMILES string of the molecule is COc1ccc(C2Oc3cc(O)cc(O)c3C(=O)C2c2c(O)cc3c(c2O)CC(O)C(c2ccc(O)cc2)O3)cc1. The van der Waals surface area contributed by atoms with E-state index in [0.29, 0.717) is 16.9 Å². The molecule has 4 unspecified atom stereocenters. The molecule has 2 aliphatic heterocycles. The first-order valence-electron chi connectivity index (χ1n) is 12.8. The first-order valence-corrected chi connectivity index (χ1v) is 12.8. The number of carbonyl (C=O) groups is 1. The van der Waals surface area contributed by atoms with Crippen molar-refractivity contribution in [2.24, 2.45) is 0 Å². The zero-order chi connectivity index (χ0) is 29.0. The van der Waals surface area contributed by atoms with Crippen LogP contribution in [0.2, 0.25) is 0 Å². The molecule has 0 saturated carbocycles. The quantitative estimate of drug-likeness (QED) is 0.212. The summed E-state index contributed by atoms with van der Waals surface area (Å²) in [5.74, 6) is -3.06. The largest absolute Gasteiger partial charge is 0.508 e. The van der Waals surface area contributed by atoms with Crippen LogP contribution in [0.4, 0.5) is 0 Å². The fourth-order valence-electron chi connectivity index (χ4n) is 5.55. The molecule has 41 heavy (non-hydrogen) atoms. The molecule has 0 aliphatic carbocycles. The van der Waals surface area contributed by atoms with E-state index >= 15 is 0 Å². The molecule has 4 atom stereocenters. The Kier molecular flexibility index (Phi) is 6.27.